The van der Waals surface area contributed by atoms with Crippen molar-refractivity contribution >= 4 is 18.2 Å². The molecule has 0 aliphatic heterocycles. The molecule has 2 N–H and O–H groups in total. The Balaban J connectivity index is 0.00000578. The monoisotopic (exact) mass is 496 g/mol. The fourth-order valence-corrected chi connectivity index (χ4v) is 2.69. The Labute approximate surface area is 242 Å². The maximum atomic E-state index is 12.0. The summed E-state index contributed by atoms with van der Waals surface area (Å²) in [6, 6.07) is 14.5. The second-order valence-corrected chi connectivity index (χ2v) is 8.20. The molecule has 2 amide bonds. The first-order chi connectivity index (χ1) is 15.6. The molecular weight excluding hydrogens is 467 g/mol. The number of hydrogen-bond donors (Lipinski definition) is 2. The van der Waals surface area contributed by atoms with Crippen LogP contribution in [0.2, 0.25) is 0 Å². The number of carbonyl (C=O) groups excluding carboxylic acids is 3. The number of alkyl carbamates (subject to hydrolysis) is 2. The molecule has 2 rings (SSSR count). The van der Waals surface area contributed by atoms with Crippen molar-refractivity contribution in [2.24, 2.45) is 0 Å². The zero-order chi connectivity index (χ0) is 24.3. The zero-order valence-corrected chi connectivity index (χ0v) is 23.1. The summed E-state index contributed by atoms with van der Waals surface area (Å²) in [7, 11) is 0. The molecule has 0 saturated heterocycles. The minimum absolute atomic E-state index is 0. The van der Waals surface area contributed by atoms with Gasteiger partial charge in [-0.15, -0.1) is 0 Å². The third-order valence-corrected chi connectivity index (χ3v) is 4.19. The number of rotatable bonds is 10. The molecule has 2 aromatic carbocycles. The molecule has 178 valence electrons. The van der Waals surface area contributed by atoms with Crippen molar-refractivity contribution in [3.05, 3.63) is 65.7 Å². The van der Waals surface area contributed by atoms with Gasteiger partial charge in [-0.1, -0.05) is 42.5 Å². The molecule has 0 aliphatic carbocycles. The van der Waals surface area contributed by atoms with E-state index < -0.39 is 29.8 Å². The summed E-state index contributed by atoms with van der Waals surface area (Å²) < 4.78 is 15.7. The third-order valence-electron chi connectivity index (χ3n) is 4.19. The number of ether oxygens (including phenoxy) is 3. The summed E-state index contributed by atoms with van der Waals surface area (Å²) in [6.45, 7) is 5.85. The van der Waals surface area contributed by atoms with Crippen LogP contribution in [0.15, 0.2) is 54.6 Å². The molecule has 0 saturated carbocycles. The maximum Gasteiger partial charge on any atom is 1.00 e. The summed E-state index contributed by atoms with van der Waals surface area (Å²) in [4.78, 5) is 35.0. The molecule has 9 nitrogen and oxygen atoms in total. The number of nitrogens with one attached hydrogen (secondary N) is 2. The van der Waals surface area contributed by atoms with Crippen molar-refractivity contribution < 1.29 is 85.1 Å². The minimum atomic E-state index is -1.42. The SMILES string of the molecule is CC(C)(C)OC(=O)NCCOc1ccc(CC(NC(=O)OCc2ccccc2)C(=O)[O-])cc1.[K+]. The molecule has 2 aromatic rings. The van der Waals surface area contributed by atoms with Gasteiger partial charge in [0.25, 0.3) is 0 Å². The number of carbonyl (C=O) groups is 3. The van der Waals surface area contributed by atoms with Gasteiger partial charge in [0.1, 0.15) is 24.6 Å². The minimum Gasteiger partial charge on any atom is -0.548 e. The van der Waals surface area contributed by atoms with E-state index in [4.69, 9.17) is 14.2 Å². The molecule has 0 spiro atoms. The van der Waals surface area contributed by atoms with E-state index in [2.05, 4.69) is 10.6 Å². The molecule has 34 heavy (non-hydrogen) atoms. The van der Waals surface area contributed by atoms with Gasteiger partial charge in [-0.2, -0.15) is 0 Å². The largest absolute Gasteiger partial charge is 1.00 e. The van der Waals surface area contributed by atoms with Crippen molar-refractivity contribution in [1.29, 1.82) is 0 Å². The molecule has 10 heteroatoms. The van der Waals surface area contributed by atoms with E-state index in [0.29, 0.717) is 11.3 Å². The number of amides is 2. The smallest absolute Gasteiger partial charge is 0.548 e. The number of benzene rings is 2. The fourth-order valence-electron chi connectivity index (χ4n) is 2.69. The number of carboxylic acids is 1. The average Bonchev–Trinajstić information content (AvgIpc) is 2.75. The summed E-state index contributed by atoms with van der Waals surface area (Å²) in [5.41, 5.74) is 0.874. The van der Waals surface area contributed by atoms with Crippen LogP contribution in [0.1, 0.15) is 31.9 Å². The second kappa shape index (κ2) is 15.0. The predicted octanol–water partition coefficient (Wildman–Crippen LogP) is -0.818. The standard InChI is InChI=1S/C24H30N2O7.K/c1-24(2,3)33-22(29)25-13-14-31-19-11-9-17(10-12-19)15-20(21(27)28)26-23(30)32-16-18-7-5-4-6-8-18;/h4-12,20H,13-16H2,1-3H3,(H,25,29)(H,26,30)(H,27,28);/q;+1/p-1. The van der Waals surface area contributed by atoms with Gasteiger partial charge in [-0.25, -0.2) is 9.59 Å². The molecule has 0 aromatic heterocycles. The van der Waals surface area contributed by atoms with Crippen molar-refractivity contribution in [3.63, 3.8) is 0 Å². The van der Waals surface area contributed by atoms with Crippen LogP contribution in [0, 0.1) is 0 Å². The Morgan fingerprint density at radius 1 is 0.941 bits per heavy atom. The summed E-state index contributed by atoms with van der Waals surface area (Å²) >= 11 is 0. The molecule has 0 fully saturated rings. The first kappa shape index (κ1) is 29.9. The van der Waals surface area contributed by atoms with Crippen molar-refractivity contribution in [3.8, 4) is 5.75 Å². The van der Waals surface area contributed by atoms with Gasteiger partial charge >= 0.3 is 63.6 Å². The van der Waals surface area contributed by atoms with Gasteiger partial charge in [0, 0.05) is 0 Å². The fraction of sp³-hybridized carbons (Fsp3) is 0.375. The Morgan fingerprint density at radius 3 is 2.18 bits per heavy atom. The summed E-state index contributed by atoms with van der Waals surface area (Å²) in [5, 5.41) is 16.3. The molecular formula is C24H29KN2O7. The van der Waals surface area contributed by atoms with E-state index in [-0.39, 0.29) is 77.6 Å². The number of hydrogen-bond acceptors (Lipinski definition) is 7. The first-order valence-electron chi connectivity index (χ1n) is 10.5. The van der Waals surface area contributed by atoms with Crippen LogP contribution in [0.4, 0.5) is 9.59 Å². The van der Waals surface area contributed by atoms with E-state index >= 15 is 0 Å². The van der Waals surface area contributed by atoms with Crippen molar-refractivity contribution in [2.45, 2.75) is 45.4 Å². The van der Waals surface area contributed by atoms with Crippen LogP contribution in [0.25, 0.3) is 0 Å². The van der Waals surface area contributed by atoms with Crippen LogP contribution in [0.3, 0.4) is 0 Å². The molecule has 0 bridgehead atoms. The van der Waals surface area contributed by atoms with Gasteiger partial charge in [0.15, 0.2) is 0 Å². The Morgan fingerprint density at radius 2 is 1.59 bits per heavy atom. The molecule has 0 heterocycles. The van der Waals surface area contributed by atoms with Crippen molar-refractivity contribution in [1.82, 2.24) is 10.6 Å². The van der Waals surface area contributed by atoms with E-state index in [9.17, 15) is 19.5 Å². The van der Waals surface area contributed by atoms with E-state index in [1.165, 1.54) is 0 Å². The van der Waals surface area contributed by atoms with Gasteiger partial charge in [0.05, 0.1) is 18.6 Å². The Hall–Kier alpha value is -2.11. The third kappa shape index (κ3) is 12.4. The second-order valence-electron chi connectivity index (χ2n) is 8.20. The van der Waals surface area contributed by atoms with Gasteiger partial charge < -0.3 is 34.7 Å². The Bertz CT molecular complexity index is 915. The van der Waals surface area contributed by atoms with Crippen LogP contribution in [0.5, 0.6) is 5.75 Å². The van der Waals surface area contributed by atoms with E-state index in [1.807, 2.05) is 18.2 Å². The van der Waals surface area contributed by atoms with Gasteiger partial charge in [-0.3, -0.25) is 0 Å². The number of carboxylic acid groups (broad SMARTS) is 1. The van der Waals surface area contributed by atoms with Crippen LogP contribution >= 0.6 is 0 Å². The topological polar surface area (TPSA) is 126 Å². The van der Waals surface area contributed by atoms with Crippen molar-refractivity contribution in [2.75, 3.05) is 13.2 Å². The quantitative estimate of drug-likeness (QED) is 0.325. The average molecular weight is 497 g/mol. The molecule has 0 aliphatic rings. The van der Waals surface area contributed by atoms with E-state index in [0.717, 1.165) is 5.56 Å². The van der Waals surface area contributed by atoms with E-state index in [1.54, 1.807) is 57.2 Å². The van der Waals surface area contributed by atoms with Crippen LogP contribution < -0.4 is 71.9 Å². The molecule has 1 unspecified atom stereocenters. The van der Waals surface area contributed by atoms with Crippen LogP contribution in [-0.2, 0) is 27.3 Å². The first-order valence-corrected chi connectivity index (χ1v) is 10.5. The zero-order valence-electron chi connectivity index (χ0n) is 20.0. The maximum absolute atomic E-state index is 12.0. The summed E-state index contributed by atoms with van der Waals surface area (Å²) in [5.74, 6) is -0.870. The normalized spacial score (nSPS) is 11.4. The summed E-state index contributed by atoms with van der Waals surface area (Å²) in [6.07, 6.45) is -1.35. The van der Waals surface area contributed by atoms with Crippen LogP contribution in [-0.4, -0.2) is 43.0 Å². The van der Waals surface area contributed by atoms with Gasteiger partial charge in [-0.05, 0) is 50.5 Å². The molecule has 1 atom stereocenters. The number of aliphatic carboxylic acids is 1. The predicted molar refractivity (Wildman–Crippen MR) is 118 cm³/mol. The van der Waals surface area contributed by atoms with Gasteiger partial charge in [0.2, 0.25) is 0 Å². The Kier molecular flexibility index (Phi) is 13.2. The molecule has 0 radical (unpaired) electrons.